The second kappa shape index (κ2) is 12.7. The molecule has 3 rings (SSSR count). The monoisotopic (exact) mass is 427 g/mol. The van der Waals surface area contributed by atoms with Crippen molar-refractivity contribution in [2.45, 2.75) is 79.4 Å². The first-order valence-corrected chi connectivity index (χ1v) is 11.7. The fourth-order valence-electron chi connectivity index (χ4n) is 3.91. The minimum absolute atomic E-state index is 0. The van der Waals surface area contributed by atoms with E-state index < -0.39 is 0 Å². The molecular weight excluding hydrogens is 386 g/mol. The highest BCUT2D eigenvalue weighted by atomic mass is 16.5. The number of aryl methyl sites for hydroxylation is 1. The Morgan fingerprint density at radius 3 is 2.48 bits per heavy atom. The van der Waals surface area contributed by atoms with Crippen molar-refractivity contribution in [3.8, 4) is 11.3 Å². The summed E-state index contributed by atoms with van der Waals surface area (Å²) in [6, 6.07) is 8.60. The van der Waals surface area contributed by atoms with Gasteiger partial charge < -0.3 is 10.1 Å². The smallest absolute Gasteiger partial charge is 0.160 e. The number of carbonyl (C=O) groups is 1. The van der Waals surface area contributed by atoms with Crippen molar-refractivity contribution >= 4 is 5.78 Å². The van der Waals surface area contributed by atoms with Crippen LogP contribution in [0.4, 0.5) is 0 Å². The second-order valence-corrected chi connectivity index (χ2v) is 8.30. The molecule has 1 aromatic heterocycles. The zero-order valence-electron chi connectivity index (χ0n) is 20.1. The molecule has 172 valence electrons. The molecule has 5 heteroatoms. The molecule has 0 bridgehead atoms. The van der Waals surface area contributed by atoms with E-state index >= 15 is 0 Å². The highest BCUT2D eigenvalue weighted by Crippen LogP contribution is 2.30. The van der Waals surface area contributed by atoms with E-state index in [1.807, 2.05) is 41.7 Å². The molecule has 0 aliphatic heterocycles. The highest BCUT2D eigenvalue weighted by molar-refractivity contribution is 5.81. The summed E-state index contributed by atoms with van der Waals surface area (Å²) in [5, 5.41) is 12.2. The van der Waals surface area contributed by atoms with Crippen LogP contribution in [-0.4, -0.2) is 35.7 Å². The fraction of sp³-hybridized carbons (Fsp3) is 0.577. The maximum absolute atomic E-state index is 11.9. The zero-order valence-corrected chi connectivity index (χ0v) is 20.1. The molecule has 0 fully saturated rings. The summed E-state index contributed by atoms with van der Waals surface area (Å²) in [7, 11) is 1.96. The van der Waals surface area contributed by atoms with Crippen LogP contribution in [0.3, 0.4) is 0 Å². The van der Waals surface area contributed by atoms with Crippen LogP contribution >= 0.6 is 0 Å². The van der Waals surface area contributed by atoms with Crippen LogP contribution in [0.15, 0.2) is 24.3 Å². The van der Waals surface area contributed by atoms with E-state index in [4.69, 9.17) is 4.74 Å². The number of nitrogens with zero attached hydrogens (tertiary/aromatic N) is 2. The lowest BCUT2D eigenvalue weighted by Gasteiger charge is -2.24. The number of hydrogen-bond donors (Lipinski definition) is 1. The third-order valence-corrected chi connectivity index (χ3v) is 5.77. The molecule has 0 saturated carbocycles. The van der Waals surface area contributed by atoms with Crippen LogP contribution < -0.4 is 5.32 Å². The number of ketones is 1. The van der Waals surface area contributed by atoms with Crippen LogP contribution in [-0.2, 0) is 28.9 Å². The van der Waals surface area contributed by atoms with Gasteiger partial charge in [-0.05, 0) is 62.8 Å². The number of nitrogens with one attached hydrogen (secondary N) is 1. The normalized spacial score (nSPS) is 16.0. The molecule has 1 heterocycles. The minimum Gasteiger partial charge on any atom is -0.370 e. The van der Waals surface area contributed by atoms with E-state index in [0.29, 0.717) is 0 Å². The molecule has 31 heavy (non-hydrogen) atoms. The quantitative estimate of drug-likeness (QED) is 0.648. The van der Waals surface area contributed by atoms with Crippen molar-refractivity contribution in [1.82, 2.24) is 15.5 Å². The van der Waals surface area contributed by atoms with E-state index in [2.05, 4.69) is 39.8 Å². The Labute approximate surface area is 189 Å². The summed E-state index contributed by atoms with van der Waals surface area (Å²) in [6.07, 6.45) is 4.96. The van der Waals surface area contributed by atoms with Gasteiger partial charge in [-0.15, -0.1) is 5.10 Å². The Morgan fingerprint density at radius 1 is 1.13 bits per heavy atom. The molecule has 1 aliphatic carbocycles. The number of hydrogen-bond acceptors (Lipinski definition) is 5. The molecule has 2 aromatic rings. The Morgan fingerprint density at radius 2 is 1.84 bits per heavy atom. The Balaban J connectivity index is 0.00000166. The molecular formula is C26H41N3O2. The van der Waals surface area contributed by atoms with Gasteiger partial charge >= 0.3 is 0 Å². The Kier molecular flexibility index (Phi) is 10.3. The molecule has 0 amide bonds. The highest BCUT2D eigenvalue weighted by Gasteiger charge is 2.22. The molecule has 1 N–H and O–H groups in total. The van der Waals surface area contributed by atoms with E-state index in [1.54, 1.807) is 0 Å². The first-order chi connectivity index (χ1) is 15.0. The second-order valence-electron chi connectivity index (χ2n) is 8.30. The largest absolute Gasteiger partial charge is 0.370 e. The number of Topliss-reactive ketones (excluding diaryl/α,β-unsaturated/α-hetero) is 1. The maximum Gasteiger partial charge on any atom is 0.160 e. The number of rotatable bonds is 7. The number of aromatic nitrogens is 2. The van der Waals surface area contributed by atoms with Crippen LogP contribution in [0.25, 0.3) is 11.3 Å². The topological polar surface area (TPSA) is 64.1 Å². The first kappa shape index (κ1) is 25.2. The van der Waals surface area contributed by atoms with Gasteiger partial charge in [0, 0.05) is 19.5 Å². The molecule has 0 spiro atoms. The minimum atomic E-state index is 0. The molecule has 1 unspecified atom stereocenters. The van der Waals surface area contributed by atoms with E-state index in [9.17, 15) is 4.79 Å². The summed E-state index contributed by atoms with van der Waals surface area (Å²) in [6.45, 7) is 11.0. The van der Waals surface area contributed by atoms with Crippen LogP contribution in [0.5, 0.6) is 0 Å². The standard InChI is InChI=1S/C24H33N3O2.C2H6.H2/c1-16(2)23(28)15-29-20-6-5-7-22-21(13-12-20)17(3)26-27-24(22)19-10-8-18(9-11-19)14-25-4;1-2;/h8-11,16,20,25H,5-7,12-15H2,1-4H3;1-2H3;1H. The van der Waals surface area contributed by atoms with Crippen molar-refractivity contribution in [1.29, 1.82) is 0 Å². The van der Waals surface area contributed by atoms with Crippen molar-refractivity contribution in [3.63, 3.8) is 0 Å². The summed E-state index contributed by atoms with van der Waals surface area (Å²) >= 11 is 0. The molecule has 1 aromatic carbocycles. The average molecular weight is 428 g/mol. The van der Waals surface area contributed by atoms with Crippen molar-refractivity contribution in [2.24, 2.45) is 5.92 Å². The summed E-state index contributed by atoms with van der Waals surface area (Å²) < 4.78 is 5.96. The predicted molar refractivity (Wildman–Crippen MR) is 129 cm³/mol. The zero-order chi connectivity index (χ0) is 22.8. The Hall–Kier alpha value is -2.11. The van der Waals surface area contributed by atoms with Gasteiger partial charge in [-0.2, -0.15) is 5.10 Å². The van der Waals surface area contributed by atoms with Crippen LogP contribution in [0, 0.1) is 12.8 Å². The van der Waals surface area contributed by atoms with Crippen LogP contribution in [0.1, 0.15) is 70.8 Å². The summed E-state index contributed by atoms with van der Waals surface area (Å²) in [5.74, 6) is 0.211. The van der Waals surface area contributed by atoms with Gasteiger partial charge in [0.25, 0.3) is 0 Å². The van der Waals surface area contributed by atoms with Gasteiger partial charge in [0.15, 0.2) is 5.78 Å². The third-order valence-electron chi connectivity index (χ3n) is 5.77. The van der Waals surface area contributed by atoms with Crippen LogP contribution in [0.2, 0.25) is 0 Å². The molecule has 0 saturated heterocycles. The van der Waals surface area contributed by atoms with Gasteiger partial charge in [-0.1, -0.05) is 52.0 Å². The average Bonchev–Trinajstić information content (AvgIpc) is 2.76. The number of benzene rings is 1. The van der Waals surface area contributed by atoms with Crippen molar-refractivity contribution in [3.05, 3.63) is 46.6 Å². The fourth-order valence-corrected chi connectivity index (χ4v) is 3.91. The number of ether oxygens (including phenoxy) is 1. The maximum atomic E-state index is 11.9. The molecule has 0 radical (unpaired) electrons. The summed E-state index contributed by atoms with van der Waals surface area (Å²) in [4.78, 5) is 11.9. The number of carbonyl (C=O) groups excluding carboxylic acids is 1. The van der Waals surface area contributed by atoms with Gasteiger partial charge in [0.05, 0.1) is 17.5 Å². The van der Waals surface area contributed by atoms with Gasteiger partial charge in [-0.25, -0.2) is 0 Å². The lowest BCUT2D eigenvalue weighted by molar-refractivity contribution is -0.128. The number of fused-ring (bicyclic) bond motifs is 1. The van der Waals surface area contributed by atoms with Crippen molar-refractivity contribution in [2.75, 3.05) is 13.7 Å². The lowest BCUT2D eigenvalue weighted by Crippen LogP contribution is -2.24. The SMILES string of the molecule is CC.CNCc1ccc(-c2nnc(C)c3c2CCCC(OCC(=O)C(C)C)CC3)cc1.[HH]. The van der Waals surface area contributed by atoms with Gasteiger partial charge in [-0.3, -0.25) is 4.79 Å². The summed E-state index contributed by atoms with van der Waals surface area (Å²) in [5.41, 5.74) is 7.04. The van der Waals surface area contributed by atoms with Gasteiger partial charge in [0.1, 0.15) is 6.61 Å². The van der Waals surface area contributed by atoms with E-state index in [1.165, 1.54) is 16.7 Å². The lowest BCUT2D eigenvalue weighted by atomic mass is 9.89. The van der Waals surface area contributed by atoms with Gasteiger partial charge in [0.2, 0.25) is 0 Å². The Bertz CT molecular complexity index is 838. The molecule has 5 nitrogen and oxygen atoms in total. The molecule has 1 atom stereocenters. The predicted octanol–water partition coefficient (Wildman–Crippen LogP) is 5.32. The van der Waals surface area contributed by atoms with E-state index in [-0.39, 0.29) is 25.8 Å². The molecule has 1 aliphatic rings. The van der Waals surface area contributed by atoms with Crippen molar-refractivity contribution < 1.29 is 11.0 Å². The van der Waals surface area contributed by atoms with E-state index in [0.717, 1.165) is 55.6 Å². The first-order valence-electron chi connectivity index (χ1n) is 11.7. The third kappa shape index (κ3) is 6.94.